The summed E-state index contributed by atoms with van der Waals surface area (Å²) >= 11 is 0. The lowest BCUT2D eigenvalue weighted by atomic mass is 10.0. The summed E-state index contributed by atoms with van der Waals surface area (Å²) in [6, 6.07) is 16.1. The first-order valence-corrected chi connectivity index (χ1v) is 8.10. The molecule has 1 atom stereocenters. The zero-order valence-corrected chi connectivity index (χ0v) is 14.1. The predicted molar refractivity (Wildman–Crippen MR) is 93.6 cm³/mol. The molecule has 1 amide bonds. The number of hydrogen-bond acceptors (Lipinski definition) is 2. The average Bonchev–Trinajstić information content (AvgIpc) is 2.52. The second-order valence-electron chi connectivity index (χ2n) is 5.91. The van der Waals surface area contributed by atoms with Gasteiger partial charge in [0.15, 0.2) is 0 Å². The molecule has 122 valence electrons. The van der Waals surface area contributed by atoms with Crippen LogP contribution in [0.2, 0.25) is 0 Å². The molecule has 0 radical (unpaired) electrons. The fourth-order valence-corrected chi connectivity index (χ4v) is 2.59. The van der Waals surface area contributed by atoms with Crippen LogP contribution < -0.4 is 10.1 Å². The molecule has 0 fully saturated rings. The molecule has 2 rings (SSSR count). The molecule has 0 aromatic heterocycles. The van der Waals surface area contributed by atoms with E-state index in [1.54, 1.807) is 0 Å². The Balaban J connectivity index is 1.72. The molecule has 0 aliphatic rings. The molecule has 1 unspecified atom stereocenters. The number of nitrogens with one attached hydrogen (secondary N) is 1. The first-order valence-electron chi connectivity index (χ1n) is 8.10. The molecule has 2 aromatic carbocycles. The topological polar surface area (TPSA) is 38.3 Å². The highest BCUT2D eigenvalue weighted by atomic mass is 16.5. The third-order valence-electron chi connectivity index (χ3n) is 3.84. The van der Waals surface area contributed by atoms with Crippen molar-refractivity contribution >= 4 is 5.91 Å². The molecule has 0 saturated carbocycles. The van der Waals surface area contributed by atoms with Crippen LogP contribution in [-0.4, -0.2) is 12.5 Å². The Morgan fingerprint density at radius 1 is 1.13 bits per heavy atom. The first-order chi connectivity index (χ1) is 11.1. The Morgan fingerprint density at radius 2 is 1.91 bits per heavy atom. The van der Waals surface area contributed by atoms with Crippen LogP contribution >= 0.6 is 0 Å². The van der Waals surface area contributed by atoms with Crippen LogP contribution in [0, 0.1) is 13.8 Å². The van der Waals surface area contributed by atoms with Gasteiger partial charge in [-0.25, -0.2) is 0 Å². The second-order valence-corrected chi connectivity index (χ2v) is 5.91. The monoisotopic (exact) mass is 311 g/mol. The summed E-state index contributed by atoms with van der Waals surface area (Å²) < 4.78 is 5.67. The molecule has 0 bridgehead atoms. The number of benzene rings is 2. The van der Waals surface area contributed by atoms with E-state index in [0.717, 1.165) is 11.3 Å². The van der Waals surface area contributed by atoms with E-state index in [9.17, 15) is 4.79 Å². The SMILES string of the molecule is Cc1cccc(OCCCC(=O)NC(C)c2ccccc2C)c1. The van der Waals surface area contributed by atoms with Gasteiger partial charge in [0.1, 0.15) is 5.75 Å². The highest BCUT2D eigenvalue weighted by Crippen LogP contribution is 2.17. The highest BCUT2D eigenvalue weighted by Gasteiger charge is 2.11. The summed E-state index contributed by atoms with van der Waals surface area (Å²) in [4.78, 5) is 12.0. The van der Waals surface area contributed by atoms with Gasteiger partial charge in [0.2, 0.25) is 5.91 Å². The van der Waals surface area contributed by atoms with Crippen molar-refractivity contribution < 1.29 is 9.53 Å². The summed E-state index contributed by atoms with van der Waals surface area (Å²) in [5.41, 5.74) is 3.53. The molecule has 3 heteroatoms. The minimum atomic E-state index is 0.0291. The average molecular weight is 311 g/mol. The Labute approximate surface area is 138 Å². The van der Waals surface area contributed by atoms with Gasteiger partial charge in [-0.15, -0.1) is 0 Å². The maximum Gasteiger partial charge on any atom is 0.220 e. The number of aryl methyl sites for hydroxylation is 2. The summed E-state index contributed by atoms with van der Waals surface area (Å²) in [6.45, 7) is 6.67. The van der Waals surface area contributed by atoms with E-state index in [4.69, 9.17) is 4.74 Å². The molecule has 0 heterocycles. The van der Waals surface area contributed by atoms with E-state index < -0.39 is 0 Å². The van der Waals surface area contributed by atoms with Crippen molar-refractivity contribution in [3.05, 3.63) is 65.2 Å². The van der Waals surface area contributed by atoms with E-state index >= 15 is 0 Å². The largest absolute Gasteiger partial charge is 0.494 e. The van der Waals surface area contributed by atoms with Crippen LogP contribution in [0.4, 0.5) is 0 Å². The molecule has 23 heavy (non-hydrogen) atoms. The van der Waals surface area contributed by atoms with E-state index in [2.05, 4.69) is 24.4 Å². The normalized spacial score (nSPS) is 11.8. The maximum absolute atomic E-state index is 12.0. The summed E-state index contributed by atoms with van der Waals surface area (Å²) in [6.07, 6.45) is 1.18. The van der Waals surface area contributed by atoms with Crippen molar-refractivity contribution in [1.29, 1.82) is 0 Å². The Kier molecular flexibility index (Phi) is 6.21. The van der Waals surface area contributed by atoms with Crippen molar-refractivity contribution in [2.24, 2.45) is 0 Å². The Morgan fingerprint density at radius 3 is 2.65 bits per heavy atom. The zero-order valence-electron chi connectivity index (χ0n) is 14.1. The lowest BCUT2D eigenvalue weighted by Crippen LogP contribution is -2.27. The van der Waals surface area contributed by atoms with Crippen molar-refractivity contribution in [3.63, 3.8) is 0 Å². The first kappa shape index (κ1) is 17.1. The van der Waals surface area contributed by atoms with Gasteiger partial charge in [0, 0.05) is 6.42 Å². The predicted octanol–water partition coefficient (Wildman–Crippen LogP) is 4.34. The third kappa shape index (κ3) is 5.44. The fourth-order valence-electron chi connectivity index (χ4n) is 2.59. The third-order valence-corrected chi connectivity index (χ3v) is 3.84. The number of carbonyl (C=O) groups excluding carboxylic acids is 1. The van der Waals surface area contributed by atoms with Gasteiger partial charge in [-0.05, 0) is 56.0 Å². The smallest absolute Gasteiger partial charge is 0.220 e. The van der Waals surface area contributed by atoms with Crippen molar-refractivity contribution in [1.82, 2.24) is 5.32 Å². The van der Waals surface area contributed by atoms with E-state index in [0.29, 0.717) is 19.4 Å². The fraction of sp³-hybridized carbons (Fsp3) is 0.350. The van der Waals surface area contributed by atoms with Crippen LogP contribution in [0.25, 0.3) is 0 Å². The molecular formula is C20H25NO2. The summed E-state index contributed by atoms with van der Waals surface area (Å²) in [5, 5.41) is 3.05. The van der Waals surface area contributed by atoms with Gasteiger partial charge in [-0.3, -0.25) is 4.79 Å². The van der Waals surface area contributed by atoms with Gasteiger partial charge < -0.3 is 10.1 Å². The van der Waals surface area contributed by atoms with Crippen LogP contribution in [0.5, 0.6) is 5.75 Å². The number of hydrogen-bond donors (Lipinski definition) is 1. The molecule has 0 aliphatic carbocycles. The molecule has 0 spiro atoms. The number of ether oxygens (including phenoxy) is 1. The van der Waals surface area contributed by atoms with Crippen molar-refractivity contribution in [2.45, 2.75) is 39.7 Å². The van der Waals surface area contributed by atoms with Gasteiger partial charge in [0.05, 0.1) is 12.6 Å². The van der Waals surface area contributed by atoms with Gasteiger partial charge in [-0.1, -0.05) is 36.4 Å². The Bertz CT molecular complexity index is 652. The molecule has 2 aromatic rings. The van der Waals surface area contributed by atoms with Crippen molar-refractivity contribution in [2.75, 3.05) is 6.61 Å². The quantitative estimate of drug-likeness (QED) is 0.772. The molecule has 0 saturated heterocycles. The molecule has 1 N–H and O–H groups in total. The van der Waals surface area contributed by atoms with E-state index in [1.165, 1.54) is 11.1 Å². The van der Waals surface area contributed by atoms with Gasteiger partial charge in [0.25, 0.3) is 0 Å². The van der Waals surface area contributed by atoms with E-state index in [-0.39, 0.29) is 11.9 Å². The Hall–Kier alpha value is -2.29. The highest BCUT2D eigenvalue weighted by molar-refractivity contribution is 5.76. The van der Waals surface area contributed by atoms with Crippen LogP contribution in [0.1, 0.15) is 42.5 Å². The summed E-state index contributed by atoms with van der Waals surface area (Å²) in [7, 11) is 0. The standard InChI is InChI=1S/C20H25NO2/c1-15-8-6-10-18(14-15)23-13-7-12-20(22)21-17(3)19-11-5-4-9-16(19)2/h4-6,8-11,14,17H,7,12-13H2,1-3H3,(H,21,22). The second kappa shape index (κ2) is 8.37. The van der Waals surface area contributed by atoms with Crippen LogP contribution in [0.15, 0.2) is 48.5 Å². The molecular weight excluding hydrogens is 286 g/mol. The van der Waals surface area contributed by atoms with Gasteiger partial charge >= 0.3 is 0 Å². The lowest BCUT2D eigenvalue weighted by molar-refractivity contribution is -0.121. The van der Waals surface area contributed by atoms with Crippen LogP contribution in [-0.2, 0) is 4.79 Å². The number of amides is 1. The maximum atomic E-state index is 12.0. The van der Waals surface area contributed by atoms with E-state index in [1.807, 2.05) is 50.2 Å². The molecule has 0 aliphatic heterocycles. The van der Waals surface area contributed by atoms with Crippen LogP contribution in [0.3, 0.4) is 0 Å². The van der Waals surface area contributed by atoms with Gasteiger partial charge in [-0.2, -0.15) is 0 Å². The zero-order chi connectivity index (χ0) is 16.7. The summed E-state index contributed by atoms with van der Waals surface area (Å²) in [5.74, 6) is 0.923. The van der Waals surface area contributed by atoms with Crippen molar-refractivity contribution in [3.8, 4) is 5.75 Å². The number of rotatable bonds is 7. The molecule has 3 nitrogen and oxygen atoms in total. The minimum Gasteiger partial charge on any atom is -0.494 e. The lowest BCUT2D eigenvalue weighted by Gasteiger charge is -2.16. The number of carbonyl (C=O) groups is 1. The minimum absolute atomic E-state index is 0.0291.